The zero-order chi connectivity index (χ0) is 43.7. The Morgan fingerprint density at radius 3 is 1.22 bits per heavy atom. The summed E-state index contributed by atoms with van der Waals surface area (Å²) in [6.07, 6.45) is 57.6. The first kappa shape index (κ1) is 58.6. The van der Waals surface area contributed by atoms with Crippen molar-refractivity contribution in [2.75, 3.05) is 13.2 Å². The average molecular weight is 848 g/mol. The van der Waals surface area contributed by atoms with E-state index in [-0.39, 0.29) is 18.5 Å². The first-order valence-corrected chi connectivity index (χ1v) is 26.9. The lowest BCUT2D eigenvalue weighted by atomic mass is 10.0. The van der Waals surface area contributed by atoms with Gasteiger partial charge in [0.2, 0.25) is 5.91 Å². The van der Waals surface area contributed by atoms with E-state index < -0.39 is 12.1 Å². The molecule has 356 valence electrons. The van der Waals surface area contributed by atoms with E-state index in [0.29, 0.717) is 25.9 Å². The molecule has 0 aromatic rings. The first-order valence-electron chi connectivity index (χ1n) is 26.9. The summed E-state index contributed by atoms with van der Waals surface area (Å²) in [5.41, 5.74) is 0. The van der Waals surface area contributed by atoms with E-state index in [1.807, 2.05) is 0 Å². The van der Waals surface area contributed by atoms with E-state index >= 15 is 0 Å². The van der Waals surface area contributed by atoms with Crippen molar-refractivity contribution in [3.05, 3.63) is 12.2 Å². The Morgan fingerprint density at radius 2 is 0.783 bits per heavy atom. The minimum atomic E-state index is -0.679. The summed E-state index contributed by atoms with van der Waals surface area (Å²) in [4.78, 5) is 24.5. The van der Waals surface area contributed by atoms with Gasteiger partial charge in [0.15, 0.2) is 0 Å². The van der Waals surface area contributed by atoms with Crippen LogP contribution in [0.2, 0.25) is 0 Å². The molecule has 0 bridgehead atoms. The second-order valence-electron chi connectivity index (χ2n) is 18.6. The maximum atomic E-state index is 12.5. The summed E-state index contributed by atoms with van der Waals surface area (Å²) in [7, 11) is 0. The molecule has 0 saturated carbocycles. The maximum absolute atomic E-state index is 12.5. The molecule has 2 unspecified atom stereocenters. The fraction of sp³-hybridized carbons (Fsp3) is 0.926. The van der Waals surface area contributed by atoms with Crippen LogP contribution in [0.1, 0.15) is 296 Å². The zero-order valence-corrected chi connectivity index (χ0v) is 40.5. The van der Waals surface area contributed by atoms with Gasteiger partial charge in [-0.1, -0.05) is 244 Å². The summed E-state index contributed by atoms with van der Waals surface area (Å²) in [6, 6.07) is -0.558. The predicted octanol–water partition coefficient (Wildman–Crippen LogP) is 16.1. The number of aliphatic hydroxyl groups excluding tert-OH is 2. The zero-order valence-electron chi connectivity index (χ0n) is 40.5. The molecule has 0 radical (unpaired) electrons. The maximum Gasteiger partial charge on any atom is 0.305 e. The highest BCUT2D eigenvalue weighted by Crippen LogP contribution is 2.17. The number of aliphatic hydroxyl groups is 2. The van der Waals surface area contributed by atoms with Crippen molar-refractivity contribution in [3.63, 3.8) is 0 Å². The van der Waals surface area contributed by atoms with Gasteiger partial charge in [0.05, 0.1) is 25.4 Å². The Hall–Kier alpha value is -1.40. The van der Waals surface area contributed by atoms with Crippen molar-refractivity contribution in [2.45, 2.75) is 309 Å². The van der Waals surface area contributed by atoms with Gasteiger partial charge in [-0.15, -0.1) is 0 Å². The lowest BCUT2D eigenvalue weighted by molar-refractivity contribution is -0.143. The predicted molar refractivity (Wildman–Crippen MR) is 260 cm³/mol. The highest BCUT2D eigenvalue weighted by molar-refractivity contribution is 5.76. The number of nitrogens with one attached hydrogen (secondary N) is 1. The van der Waals surface area contributed by atoms with E-state index in [9.17, 15) is 19.8 Å². The number of carbonyl (C=O) groups excluding carboxylic acids is 2. The Morgan fingerprint density at radius 1 is 0.450 bits per heavy atom. The quantitative estimate of drug-likeness (QED) is 0.0322. The third-order valence-corrected chi connectivity index (χ3v) is 12.6. The van der Waals surface area contributed by atoms with Crippen molar-refractivity contribution >= 4 is 11.9 Å². The summed E-state index contributed by atoms with van der Waals surface area (Å²) in [5.74, 6) is -0.0836. The van der Waals surface area contributed by atoms with Crippen LogP contribution < -0.4 is 5.32 Å². The van der Waals surface area contributed by atoms with Crippen molar-refractivity contribution < 1.29 is 24.5 Å². The molecule has 0 aliphatic carbocycles. The van der Waals surface area contributed by atoms with Gasteiger partial charge in [-0.3, -0.25) is 9.59 Å². The molecule has 1 amide bonds. The largest absolute Gasteiger partial charge is 0.466 e. The third kappa shape index (κ3) is 46.1. The number of allylic oxidation sites excluding steroid dienone is 2. The Balaban J connectivity index is 3.48. The van der Waals surface area contributed by atoms with Crippen LogP contribution in [0.4, 0.5) is 0 Å². The molecule has 0 heterocycles. The van der Waals surface area contributed by atoms with Gasteiger partial charge < -0.3 is 20.3 Å². The van der Waals surface area contributed by atoms with Gasteiger partial charge in [-0.2, -0.15) is 0 Å². The minimum Gasteiger partial charge on any atom is -0.466 e. The number of carbonyl (C=O) groups is 2. The molecular weight excluding hydrogens is 743 g/mol. The van der Waals surface area contributed by atoms with E-state index in [2.05, 4.69) is 31.3 Å². The van der Waals surface area contributed by atoms with Gasteiger partial charge in [0, 0.05) is 12.8 Å². The van der Waals surface area contributed by atoms with Crippen LogP contribution in [0.25, 0.3) is 0 Å². The van der Waals surface area contributed by atoms with E-state index in [0.717, 1.165) is 57.8 Å². The molecule has 0 rings (SSSR count). The second kappa shape index (κ2) is 50.2. The van der Waals surface area contributed by atoms with Crippen LogP contribution in [-0.2, 0) is 14.3 Å². The summed E-state index contributed by atoms with van der Waals surface area (Å²) in [5, 5.41) is 23.3. The Bertz CT molecular complexity index is 893. The van der Waals surface area contributed by atoms with Gasteiger partial charge in [-0.05, 0) is 51.4 Å². The molecule has 60 heavy (non-hydrogen) atoms. The van der Waals surface area contributed by atoms with Gasteiger partial charge in [-0.25, -0.2) is 0 Å². The van der Waals surface area contributed by atoms with Crippen molar-refractivity contribution in [3.8, 4) is 0 Å². The molecule has 6 nitrogen and oxygen atoms in total. The molecule has 0 aliphatic heterocycles. The van der Waals surface area contributed by atoms with Gasteiger partial charge >= 0.3 is 5.97 Å². The summed E-state index contributed by atoms with van der Waals surface area (Å²) >= 11 is 0. The van der Waals surface area contributed by atoms with Crippen LogP contribution >= 0.6 is 0 Å². The monoisotopic (exact) mass is 848 g/mol. The molecule has 0 aliphatic rings. The van der Waals surface area contributed by atoms with Crippen molar-refractivity contribution in [2.24, 2.45) is 0 Å². The topological polar surface area (TPSA) is 95.9 Å². The molecule has 0 spiro atoms. The van der Waals surface area contributed by atoms with Crippen LogP contribution in [0.15, 0.2) is 12.2 Å². The van der Waals surface area contributed by atoms with E-state index in [1.54, 1.807) is 0 Å². The third-order valence-electron chi connectivity index (χ3n) is 12.6. The molecule has 0 aromatic carbocycles. The number of esters is 1. The molecule has 3 N–H and O–H groups in total. The number of ether oxygens (including phenoxy) is 1. The van der Waals surface area contributed by atoms with Gasteiger partial charge in [0.25, 0.3) is 0 Å². The highest BCUT2D eigenvalue weighted by atomic mass is 16.5. The fourth-order valence-corrected chi connectivity index (χ4v) is 8.40. The smallest absolute Gasteiger partial charge is 0.305 e. The minimum absolute atomic E-state index is 0.0280. The molecule has 2 atom stereocenters. The standard InChI is InChI=1S/C54H105NO5/c1-3-5-7-9-11-13-15-17-18-19-20-21-22-23-24-25-26-30-34-38-42-46-52(57)51(50-56)55-53(58)47-43-39-35-31-28-29-33-37-41-45-49-60-54(59)48-44-40-36-32-27-16-14-12-10-8-6-4-2/h12,14,51-52,56-57H,3-11,13,15-50H2,1-2H3,(H,55,58)/b14-12-. The highest BCUT2D eigenvalue weighted by Gasteiger charge is 2.20. The fourth-order valence-electron chi connectivity index (χ4n) is 8.40. The number of amides is 1. The van der Waals surface area contributed by atoms with E-state index in [1.165, 1.54) is 205 Å². The van der Waals surface area contributed by atoms with Crippen LogP contribution in [0, 0.1) is 0 Å². The Labute approximate surface area is 374 Å². The van der Waals surface area contributed by atoms with Crippen molar-refractivity contribution in [1.82, 2.24) is 5.32 Å². The Kier molecular flexibility index (Phi) is 49.1. The second-order valence-corrected chi connectivity index (χ2v) is 18.6. The lowest BCUT2D eigenvalue weighted by Crippen LogP contribution is -2.45. The number of unbranched alkanes of at least 4 members (excludes halogenated alkanes) is 37. The summed E-state index contributed by atoms with van der Waals surface area (Å²) in [6.45, 7) is 4.89. The van der Waals surface area contributed by atoms with Gasteiger partial charge in [0.1, 0.15) is 0 Å². The molecule has 6 heteroatoms. The molecule has 0 fully saturated rings. The average Bonchev–Trinajstić information content (AvgIpc) is 3.25. The number of rotatable bonds is 50. The molecule has 0 saturated heterocycles. The number of hydrogen-bond donors (Lipinski definition) is 3. The van der Waals surface area contributed by atoms with Crippen LogP contribution in [-0.4, -0.2) is 47.4 Å². The normalized spacial score (nSPS) is 12.7. The molecular formula is C54H105NO5. The summed E-state index contributed by atoms with van der Waals surface area (Å²) < 4.78 is 5.44. The molecule has 0 aromatic heterocycles. The lowest BCUT2D eigenvalue weighted by Gasteiger charge is -2.22. The van der Waals surface area contributed by atoms with Crippen LogP contribution in [0.5, 0.6) is 0 Å². The number of hydrogen-bond acceptors (Lipinski definition) is 5. The first-order chi connectivity index (χ1) is 29.5. The van der Waals surface area contributed by atoms with Crippen LogP contribution in [0.3, 0.4) is 0 Å². The van der Waals surface area contributed by atoms with Crippen molar-refractivity contribution in [1.29, 1.82) is 0 Å². The SMILES string of the molecule is CCCCC/C=C\CCCCCCCC(=O)OCCCCCCCCCCCCC(=O)NC(CO)C(O)CCCCCCCCCCCCCCCCCCCCCCC. The van der Waals surface area contributed by atoms with E-state index in [4.69, 9.17) is 4.74 Å².